The molecule has 0 amide bonds. The molecular formula is C37H57. The zero-order valence-electron chi connectivity index (χ0n) is 25.5. The molecule has 0 nitrogen and oxygen atoms in total. The number of unbranched alkanes of at least 4 members (excludes halogenated alkanes) is 6. The first kappa shape index (κ1) is 30.0. The molecule has 2 aromatic carbocycles. The third-order valence-electron chi connectivity index (χ3n) is 8.68. The van der Waals surface area contributed by atoms with Gasteiger partial charge in [-0.25, -0.2) is 0 Å². The summed E-state index contributed by atoms with van der Waals surface area (Å²) in [6.45, 7) is 14.1. The van der Waals surface area contributed by atoms with Crippen LogP contribution >= 0.6 is 0 Å². The molecule has 0 saturated heterocycles. The van der Waals surface area contributed by atoms with E-state index in [1.54, 1.807) is 55.6 Å². The van der Waals surface area contributed by atoms with Gasteiger partial charge in [0.05, 0.1) is 0 Å². The third kappa shape index (κ3) is 7.30. The van der Waals surface area contributed by atoms with Crippen LogP contribution < -0.4 is 0 Å². The van der Waals surface area contributed by atoms with E-state index in [-0.39, 0.29) is 0 Å². The number of benzene rings is 2. The first-order valence-corrected chi connectivity index (χ1v) is 16.4. The number of hydrogen-bond donors (Lipinski definition) is 0. The molecule has 1 radical (unpaired) electrons. The minimum atomic E-state index is 1.11. The molecule has 0 atom stereocenters. The topological polar surface area (TPSA) is 0 Å². The molecular weight excluding hydrogens is 444 g/mol. The lowest BCUT2D eigenvalue weighted by Gasteiger charge is -2.24. The Hall–Kier alpha value is -1.56. The second kappa shape index (κ2) is 15.8. The van der Waals surface area contributed by atoms with E-state index in [0.717, 1.165) is 6.42 Å². The monoisotopic (exact) mass is 501 g/mol. The highest BCUT2D eigenvalue weighted by molar-refractivity contribution is 5.85. The summed E-state index contributed by atoms with van der Waals surface area (Å²) in [7, 11) is 0. The summed E-state index contributed by atoms with van der Waals surface area (Å²) >= 11 is 0. The maximum Gasteiger partial charge on any atom is -0.000686 e. The first-order valence-electron chi connectivity index (χ1n) is 16.4. The highest BCUT2D eigenvalue weighted by Crippen LogP contribution is 2.47. The van der Waals surface area contributed by atoms with E-state index in [4.69, 9.17) is 0 Å². The molecule has 0 spiro atoms. The Kier molecular flexibility index (Phi) is 12.8. The lowest BCUT2D eigenvalue weighted by atomic mass is 9.81. The fraction of sp³-hybridized carbons (Fsp3) is 0.676. The van der Waals surface area contributed by atoms with Crippen LogP contribution in [0.2, 0.25) is 0 Å². The van der Waals surface area contributed by atoms with Gasteiger partial charge in [-0.05, 0) is 145 Å². The Morgan fingerprint density at radius 1 is 0.514 bits per heavy atom. The van der Waals surface area contributed by atoms with Gasteiger partial charge < -0.3 is 0 Å². The molecule has 0 heterocycles. The Morgan fingerprint density at radius 3 is 1.54 bits per heavy atom. The number of hydrogen-bond acceptors (Lipinski definition) is 0. The smallest absolute Gasteiger partial charge is 0.000686 e. The van der Waals surface area contributed by atoms with E-state index < -0.39 is 0 Å². The van der Waals surface area contributed by atoms with Crippen molar-refractivity contribution in [1.82, 2.24) is 0 Å². The average Bonchev–Trinajstić information content (AvgIpc) is 3.27. The van der Waals surface area contributed by atoms with E-state index in [2.05, 4.69) is 53.7 Å². The summed E-state index contributed by atoms with van der Waals surface area (Å²) in [5.41, 5.74) is 16.7. The molecule has 0 saturated carbocycles. The molecule has 37 heavy (non-hydrogen) atoms. The van der Waals surface area contributed by atoms with Crippen molar-refractivity contribution < 1.29 is 0 Å². The average molecular weight is 502 g/mol. The van der Waals surface area contributed by atoms with Gasteiger partial charge in [-0.1, -0.05) is 86.1 Å². The van der Waals surface area contributed by atoms with Crippen molar-refractivity contribution in [3.8, 4) is 11.1 Å². The van der Waals surface area contributed by atoms with Crippen LogP contribution in [0.5, 0.6) is 0 Å². The minimum Gasteiger partial charge on any atom is -0.0654 e. The van der Waals surface area contributed by atoms with E-state index in [1.807, 2.05) is 0 Å². The zero-order chi connectivity index (χ0) is 26.6. The van der Waals surface area contributed by atoms with Gasteiger partial charge in [0.25, 0.3) is 0 Å². The van der Waals surface area contributed by atoms with Crippen LogP contribution in [0.3, 0.4) is 0 Å². The summed E-state index contributed by atoms with van der Waals surface area (Å²) in [6.07, 6.45) is 24.1. The van der Waals surface area contributed by atoms with Gasteiger partial charge >= 0.3 is 0 Å². The summed E-state index contributed by atoms with van der Waals surface area (Å²) in [5.74, 6) is 0. The minimum absolute atomic E-state index is 1.11. The fourth-order valence-electron chi connectivity index (χ4n) is 6.56. The lowest BCUT2D eigenvalue weighted by molar-refractivity contribution is 0.732. The van der Waals surface area contributed by atoms with Crippen LogP contribution in [-0.2, 0) is 44.9 Å². The molecule has 0 bridgehead atoms. The van der Waals surface area contributed by atoms with Crippen molar-refractivity contribution >= 4 is 0 Å². The van der Waals surface area contributed by atoms with Crippen LogP contribution in [0, 0.1) is 6.07 Å². The maximum absolute atomic E-state index is 4.11. The Balaban J connectivity index is 2.29. The Bertz CT molecular complexity index is 897. The molecule has 1 aliphatic rings. The normalized spacial score (nSPS) is 12.3. The number of fused-ring (bicyclic) bond motifs is 3. The standard InChI is InChI=1S/C37H57/c1-7-13-19-28-25-30-27-31-26-29(20-14-8-2)33(22-16-10-4)35(24-18-12-6)37(31)36(30)34(23-17-11-5)32(28)21-15-9-3/h25H,7-24,27H2,1-6H3. The molecule has 0 fully saturated rings. The number of rotatable bonds is 18. The van der Waals surface area contributed by atoms with Crippen LogP contribution in [0.15, 0.2) is 6.07 Å². The molecule has 0 unspecified atom stereocenters. The van der Waals surface area contributed by atoms with Gasteiger partial charge in [0.15, 0.2) is 0 Å². The molecule has 0 aliphatic heterocycles. The predicted molar refractivity (Wildman–Crippen MR) is 165 cm³/mol. The summed E-state index contributed by atoms with van der Waals surface area (Å²) < 4.78 is 0. The molecule has 0 aromatic heterocycles. The number of aryl methyl sites for hydroxylation is 2. The van der Waals surface area contributed by atoms with Crippen molar-refractivity contribution in [3.63, 3.8) is 0 Å². The second-order valence-electron chi connectivity index (χ2n) is 11.7. The zero-order valence-corrected chi connectivity index (χ0v) is 25.5. The summed E-state index contributed by atoms with van der Waals surface area (Å²) in [5, 5.41) is 0. The second-order valence-corrected chi connectivity index (χ2v) is 11.7. The van der Waals surface area contributed by atoms with Gasteiger partial charge in [-0.2, -0.15) is 0 Å². The van der Waals surface area contributed by atoms with Crippen molar-refractivity contribution in [2.75, 3.05) is 0 Å². The first-order chi connectivity index (χ1) is 18.1. The lowest BCUT2D eigenvalue weighted by Crippen LogP contribution is -2.08. The van der Waals surface area contributed by atoms with E-state index in [1.165, 1.54) is 116 Å². The van der Waals surface area contributed by atoms with Gasteiger partial charge in [-0.15, -0.1) is 0 Å². The predicted octanol–water partition coefficient (Wildman–Crippen LogP) is 11.1. The fourth-order valence-corrected chi connectivity index (χ4v) is 6.56. The van der Waals surface area contributed by atoms with E-state index in [0.29, 0.717) is 0 Å². The quantitative estimate of drug-likeness (QED) is 0.162. The highest BCUT2D eigenvalue weighted by atomic mass is 14.3. The van der Waals surface area contributed by atoms with E-state index in [9.17, 15) is 0 Å². The molecule has 0 N–H and O–H groups in total. The highest BCUT2D eigenvalue weighted by Gasteiger charge is 2.30. The van der Waals surface area contributed by atoms with Crippen molar-refractivity contribution in [2.45, 2.75) is 164 Å². The molecule has 205 valence electrons. The SMILES string of the molecule is CCCCc1[c]c2c(c(CCCC)c1CCCC)-c1c(cc(CCCC)c(CCCC)c1CCCC)C2. The van der Waals surface area contributed by atoms with Gasteiger partial charge in [0, 0.05) is 0 Å². The van der Waals surface area contributed by atoms with Crippen LogP contribution in [-0.4, -0.2) is 0 Å². The molecule has 2 aromatic rings. The van der Waals surface area contributed by atoms with Crippen molar-refractivity contribution in [1.29, 1.82) is 0 Å². The molecule has 3 rings (SSSR count). The molecule has 1 aliphatic carbocycles. The van der Waals surface area contributed by atoms with Gasteiger partial charge in [0.2, 0.25) is 0 Å². The van der Waals surface area contributed by atoms with E-state index >= 15 is 0 Å². The summed E-state index contributed by atoms with van der Waals surface area (Å²) in [4.78, 5) is 0. The van der Waals surface area contributed by atoms with Crippen LogP contribution in [0.1, 0.15) is 163 Å². The Labute approximate surface area is 231 Å². The molecule has 0 heteroatoms. The van der Waals surface area contributed by atoms with Crippen LogP contribution in [0.25, 0.3) is 11.1 Å². The van der Waals surface area contributed by atoms with Crippen molar-refractivity contribution in [2.24, 2.45) is 0 Å². The van der Waals surface area contributed by atoms with Crippen LogP contribution in [0.4, 0.5) is 0 Å². The van der Waals surface area contributed by atoms with Crippen molar-refractivity contribution in [3.05, 3.63) is 56.6 Å². The largest absolute Gasteiger partial charge is 0.0654 e. The Morgan fingerprint density at radius 2 is 0.973 bits per heavy atom. The van der Waals surface area contributed by atoms with Gasteiger partial charge in [-0.3, -0.25) is 0 Å². The third-order valence-corrected chi connectivity index (χ3v) is 8.68. The maximum atomic E-state index is 4.11. The van der Waals surface area contributed by atoms with Gasteiger partial charge in [0.1, 0.15) is 0 Å². The summed E-state index contributed by atoms with van der Waals surface area (Å²) in [6, 6.07) is 6.78.